The molecule has 0 saturated carbocycles. The zero-order valence-corrected chi connectivity index (χ0v) is 49.8. The van der Waals surface area contributed by atoms with Crippen LogP contribution >= 0.6 is 0 Å². The average Bonchev–Trinajstić information content (AvgIpc) is 1.50. The van der Waals surface area contributed by atoms with Crippen molar-refractivity contribution in [3.63, 3.8) is 0 Å². The number of nitrogens with one attached hydrogen (secondary N) is 2. The lowest BCUT2D eigenvalue weighted by Gasteiger charge is -2.41. The van der Waals surface area contributed by atoms with Crippen LogP contribution in [0, 0.1) is 0 Å². The maximum Gasteiger partial charge on any atom is 0.411 e. The first-order valence-corrected chi connectivity index (χ1v) is 28.5. The SMILES string of the molecule is COC(=O)[C@H]1O[C@H](Oc2ccc(COC(=O)Nc3ccc(C4=CN5C(=O)c6cc(OC)c(OCCCOc7cc8c(cc7OC)C(=O)N7C=C(c9ccc(OC)cc9)C[C@H]7C=N8)cc6N=C[C@@H]5C4)cc3)cc2NC(=O)CCN)[C@H](O)[C@@H](OC(C)=O)[C@@H]1OC(C)=O. The summed E-state index contributed by atoms with van der Waals surface area (Å²) in [4.78, 5) is 104. The van der Waals surface area contributed by atoms with Crippen LogP contribution < -0.4 is 44.8 Å². The number of benzene rings is 5. The number of anilines is 2. The van der Waals surface area contributed by atoms with Gasteiger partial charge in [0.15, 0.2) is 47.4 Å². The number of aliphatic imine (C=N–C) groups is 2. The van der Waals surface area contributed by atoms with Crippen LogP contribution in [0.5, 0.6) is 34.5 Å². The lowest BCUT2D eigenvalue weighted by atomic mass is 9.98. The Hall–Kier alpha value is -10.3. The molecule has 10 rings (SSSR count). The van der Waals surface area contributed by atoms with Gasteiger partial charge >= 0.3 is 24.0 Å². The number of methoxy groups -OCH3 is 4. The van der Waals surface area contributed by atoms with Crippen LogP contribution in [0.15, 0.2) is 113 Å². The van der Waals surface area contributed by atoms with Gasteiger partial charge in [-0.1, -0.05) is 30.3 Å². The molecule has 5 aromatic rings. The molecule has 5 aromatic carbocycles. The third kappa shape index (κ3) is 14.0. The van der Waals surface area contributed by atoms with Gasteiger partial charge in [-0.25, -0.2) is 9.59 Å². The van der Waals surface area contributed by atoms with Gasteiger partial charge in [0.1, 0.15) is 18.1 Å². The number of rotatable bonds is 22. The zero-order valence-electron chi connectivity index (χ0n) is 49.8. The molecule has 0 unspecified atom stereocenters. The summed E-state index contributed by atoms with van der Waals surface area (Å²) in [7, 11) is 5.66. The molecule has 470 valence electrons. The second-order valence-electron chi connectivity index (χ2n) is 21.1. The first-order valence-electron chi connectivity index (χ1n) is 28.5. The summed E-state index contributed by atoms with van der Waals surface area (Å²) in [6.45, 7) is 2.26. The summed E-state index contributed by atoms with van der Waals surface area (Å²) < 4.78 is 61.5. The van der Waals surface area contributed by atoms with E-state index in [4.69, 9.17) is 67.8 Å². The Kier molecular flexibility index (Phi) is 19.4. The van der Waals surface area contributed by atoms with Crippen molar-refractivity contribution in [2.24, 2.45) is 15.7 Å². The number of hydrogen-bond donors (Lipinski definition) is 4. The minimum atomic E-state index is -1.83. The third-order valence-electron chi connectivity index (χ3n) is 15.1. The van der Waals surface area contributed by atoms with E-state index in [1.54, 1.807) is 84.1 Å². The molecule has 0 radical (unpaired) electrons. The highest BCUT2D eigenvalue weighted by Gasteiger charge is 2.54. The van der Waals surface area contributed by atoms with Gasteiger partial charge < -0.3 is 78.1 Å². The van der Waals surface area contributed by atoms with Gasteiger partial charge in [-0.2, -0.15) is 0 Å². The number of carbonyl (C=O) groups excluding carboxylic acids is 7. The average molecular weight is 1240 g/mol. The minimum absolute atomic E-state index is 0.00228. The Balaban J connectivity index is 0.724. The Labute approximate surface area is 516 Å². The fourth-order valence-electron chi connectivity index (χ4n) is 10.7. The molecule has 1 saturated heterocycles. The van der Waals surface area contributed by atoms with Crippen molar-refractivity contribution in [2.75, 3.05) is 58.8 Å². The molecule has 5 aliphatic heterocycles. The standard InChI is InChI=1S/C64H65N7O19/c1-34(72)87-57-56(75)63(90-59(62(78)83-6)58(57)88-35(2)73)89-50-17-8-36(22-49(50)69-55(74)18-19-65)33-86-64(79)68-41-13-9-37(10-14-41)39-23-42-29-66-47-27-53(51(81-4)25-45(47)60(76)70(42)31-39)84-20-7-21-85-54-28-48-46(26-52(54)82-5)61(77)71-32-40(24-43(71)30-67-48)38-11-15-44(80-3)16-12-38/h8-17,22,25-32,42-43,56-59,63,75H,7,18-21,23-24,33,65H2,1-6H3,(H,68,79)(H,69,74)/t42-,43-,56+,57+,58-,59-,63-/m0/s1. The molecule has 4 amide bonds. The summed E-state index contributed by atoms with van der Waals surface area (Å²) in [5, 5.41) is 16.6. The van der Waals surface area contributed by atoms with Crippen LogP contribution in [0.4, 0.5) is 27.5 Å². The van der Waals surface area contributed by atoms with E-state index in [0.717, 1.165) is 49.0 Å². The second kappa shape index (κ2) is 27.8. The van der Waals surface area contributed by atoms with Crippen LogP contribution in [0.2, 0.25) is 0 Å². The molecular weight excluding hydrogens is 1170 g/mol. The number of nitrogens with two attached hydrogens (primary N) is 1. The Morgan fingerprint density at radius 1 is 0.667 bits per heavy atom. The molecule has 0 bridgehead atoms. The number of nitrogens with zero attached hydrogens (tertiary/aromatic N) is 4. The number of ether oxygens (including phenoxy) is 11. The van der Waals surface area contributed by atoms with Gasteiger partial charge in [-0.15, -0.1) is 0 Å². The van der Waals surface area contributed by atoms with Gasteiger partial charge in [-0.3, -0.25) is 39.3 Å². The summed E-state index contributed by atoms with van der Waals surface area (Å²) in [6.07, 6.45) is -0.807. The highest BCUT2D eigenvalue weighted by molar-refractivity contribution is 6.07. The van der Waals surface area contributed by atoms with Gasteiger partial charge in [-0.05, 0) is 76.4 Å². The van der Waals surface area contributed by atoms with E-state index in [9.17, 15) is 38.7 Å². The predicted molar refractivity (Wildman–Crippen MR) is 323 cm³/mol. The summed E-state index contributed by atoms with van der Waals surface area (Å²) in [6, 6.07) is 25.0. The van der Waals surface area contributed by atoms with E-state index in [2.05, 4.69) is 10.6 Å². The Bertz CT molecular complexity index is 3720. The molecule has 7 atom stereocenters. The highest BCUT2D eigenvalue weighted by Crippen LogP contribution is 2.43. The second-order valence-corrected chi connectivity index (χ2v) is 21.1. The van der Waals surface area contributed by atoms with Crippen LogP contribution in [-0.2, 0) is 49.5 Å². The molecule has 0 aliphatic carbocycles. The highest BCUT2D eigenvalue weighted by atomic mass is 16.7. The smallest absolute Gasteiger partial charge is 0.411 e. The van der Waals surface area contributed by atoms with Crippen molar-refractivity contribution in [2.45, 2.75) is 88.9 Å². The van der Waals surface area contributed by atoms with E-state index < -0.39 is 66.7 Å². The Morgan fingerprint density at radius 2 is 1.22 bits per heavy atom. The van der Waals surface area contributed by atoms with Crippen LogP contribution in [-0.4, -0.2) is 160 Å². The molecule has 5 N–H and O–H groups in total. The van der Waals surface area contributed by atoms with E-state index in [1.807, 2.05) is 30.5 Å². The van der Waals surface area contributed by atoms with Crippen LogP contribution in [0.1, 0.15) is 76.9 Å². The fraction of sp³-hybridized carbons (Fsp3) is 0.328. The number of aliphatic hydroxyl groups is 1. The predicted octanol–water partition coefficient (Wildman–Crippen LogP) is 7.04. The minimum Gasteiger partial charge on any atom is -0.497 e. The van der Waals surface area contributed by atoms with E-state index >= 15 is 0 Å². The van der Waals surface area contributed by atoms with Crippen molar-refractivity contribution in [3.8, 4) is 34.5 Å². The lowest BCUT2D eigenvalue weighted by Crippen LogP contribution is -2.63. The molecule has 5 aliphatic rings. The topological polar surface area (TPSA) is 323 Å². The number of esters is 3. The van der Waals surface area contributed by atoms with Crippen molar-refractivity contribution < 1.29 is 90.8 Å². The van der Waals surface area contributed by atoms with Crippen LogP contribution in [0.3, 0.4) is 0 Å². The summed E-state index contributed by atoms with van der Waals surface area (Å²) in [5.74, 6) is -1.60. The van der Waals surface area contributed by atoms with Crippen LogP contribution in [0.25, 0.3) is 11.1 Å². The maximum absolute atomic E-state index is 14.2. The van der Waals surface area contributed by atoms with Gasteiger partial charge in [0.25, 0.3) is 11.8 Å². The summed E-state index contributed by atoms with van der Waals surface area (Å²) >= 11 is 0. The first-order chi connectivity index (χ1) is 43.4. The third-order valence-corrected chi connectivity index (χ3v) is 15.1. The van der Waals surface area contributed by atoms with Gasteiger partial charge in [0.05, 0.1) is 81.9 Å². The van der Waals surface area contributed by atoms with Gasteiger partial charge in [0, 0.05) is 88.7 Å². The van der Waals surface area contributed by atoms with E-state index in [-0.39, 0.29) is 62.1 Å². The maximum atomic E-state index is 14.2. The number of hydrogen-bond acceptors (Lipinski definition) is 22. The lowest BCUT2D eigenvalue weighted by molar-refractivity contribution is -0.278. The quantitative estimate of drug-likeness (QED) is 0.0307. The zero-order chi connectivity index (χ0) is 63.8. The molecule has 0 spiro atoms. The first kappa shape index (κ1) is 62.7. The molecule has 0 aromatic heterocycles. The monoisotopic (exact) mass is 1240 g/mol. The molecule has 5 heterocycles. The Morgan fingerprint density at radius 3 is 1.74 bits per heavy atom. The van der Waals surface area contributed by atoms with E-state index in [1.165, 1.54) is 32.4 Å². The summed E-state index contributed by atoms with van der Waals surface area (Å²) in [5.41, 5.74) is 11.7. The number of carbonyl (C=O) groups is 7. The molecule has 90 heavy (non-hydrogen) atoms. The molecule has 26 heteroatoms. The van der Waals surface area contributed by atoms with Crippen molar-refractivity contribution in [3.05, 3.63) is 131 Å². The van der Waals surface area contributed by atoms with Gasteiger partial charge in [0.2, 0.25) is 12.2 Å². The normalized spacial score (nSPS) is 20.3. The van der Waals surface area contributed by atoms with Crippen molar-refractivity contribution in [1.29, 1.82) is 0 Å². The van der Waals surface area contributed by atoms with Crippen molar-refractivity contribution >= 4 is 88.0 Å². The molecule has 1 fully saturated rings. The number of amides is 4. The number of fused-ring (bicyclic) bond motifs is 4. The number of aliphatic hydroxyl groups excluding tert-OH is 1. The van der Waals surface area contributed by atoms with E-state index in [0.29, 0.717) is 76.0 Å². The van der Waals surface area contributed by atoms with Crippen molar-refractivity contribution in [1.82, 2.24) is 9.80 Å². The molecular formula is C64H65N7O19. The largest absolute Gasteiger partial charge is 0.497 e. The molecule has 26 nitrogen and oxygen atoms in total. The fourth-order valence-corrected chi connectivity index (χ4v) is 10.7.